The molecule has 1 amide bonds. The number of rotatable bonds is 6. The molecule has 0 bridgehead atoms. The third-order valence-corrected chi connectivity index (χ3v) is 6.05. The average molecular weight is 327 g/mol. The first-order chi connectivity index (χ1) is 9.60. The summed E-state index contributed by atoms with van der Waals surface area (Å²) >= 11 is 5.33. The van der Waals surface area contributed by atoms with Gasteiger partial charge in [0.1, 0.15) is 5.01 Å². The quantitative estimate of drug-likeness (QED) is 0.859. The molecular weight excluding hydrogens is 308 g/mol. The van der Waals surface area contributed by atoms with Gasteiger partial charge >= 0.3 is 0 Å². The number of thiophene rings is 1. The number of hydrogen-bond acceptors (Lipinski definition) is 5. The molecule has 2 heterocycles. The molecule has 1 atom stereocenters. The molecule has 0 spiro atoms. The fraction of sp³-hybridized carbons (Fsp3) is 0.429. The van der Waals surface area contributed by atoms with Gasteiger partial charge in [-0.05, 0) is 24.8 Å². The molecule has 0 aliphatic heterocycles. The van der Waals surface area contributed by atoms with Gasteiger partial charge in [0.25, 0.3) is 0 Å². The van der Waals surface area contributed by atoms with E-state index in [2.05, 4.69) is 36.7 Å². The molecule has 3 nitrogen and oxygen atoms in total. The molecular formula is C14H18N2OS3. The number of aromatic nitrogens is 1. The monoisotopic (exact) mass is 326 g/mol. The number of nitrogens with zero attached hydrogens (tertiary/aromatic N) is 1. The maximum atomic E-state index is 10.9. The predicted octanol–water partition coefficient (Wildman–Crippen LogP) is 4.32. The zero-order valence-electron chi connectivity index (χ0n) is 11.8. The normalized spacial score (nSPS) is 12.3. The second kappa shape index (κ2) is 7.24. The van der Waals surface area contributed by atoms with Crippen molar-refractivity contribution < 1.29 is 4.79 Å². The first-order valence-electron chi connectivity index (χ1n) is 6.50. The Balaban J connectivity index is 2.06. The van der Waals surface area contributed by atoms with Crippen LogP contribution in [0.1, 0.15) is 35.9 Å². The molecule has 108 valence electrons. The molecule has 2 rings (SSSR count). The molecule has 0 aliphatic rings. The van der Waals surface area contributed by atoms with Gasteiger partial charge < -0.3 is 5.32 Å². The van der Waals surface area contributed by atoms with Crippen LogP contribution in [-0.4, -0.2) is 16.6 Å². The van der Waals surface area contributed by atoms with E-state index in [4.69, 9.17) is 4.98 Å². The molecule has 6 heteroatoms. The number of nitrogens with one attached hydrogen (secondary N) is 1. The third kappa shape index (κ3) is 4.07. The largest absolute Gasteiger partial charge is 0.351 e. The smallest absolute Gasteiger partial charge is 0.217 e. The number of carbonyl (C=O) groups is 1. The van der Waals surface area contributed by atoms with Gasteiger partial charge in [-0.2, -0.15) is 11.8 Å². The topological polar surface area (TPSA) is 42.0 Å². The van der Waals surface area contributed by atoms with Crippen molar-refractivity contribution in [1.82, 2.24) is 10.3 Å². The molecule has 0 aromatic carbocycles. The van der Waals surface area contributed by atoms with Crippen LogP contribution >= 0.6 is 34.4 Å². The molecule has 0 saturated carbocycles. The molecule has 2 aromatic rings. The van der Waals surface area contributed by atoms with Crippen LogP contribution in [0.2, 0.25) is 0 Å². The van der Waals surface area contributed by atoms with Crippen LogP contribution < -0.4 is 5.32 Å². The van der Waals surface area contributed by atoms with Gasteiger partial charge in [-0.25, -0.2) is 4.98 Å². The van der Waals surface area contributed by atoms with Crippen LogP contribution in [0.25, 0.3) is 10.6 Å². The van der Waals surface area contributed by atoms with Crippen molar-refractivity contribution in [3.63, 3.8) is 0 Å². The molecule has 0 saturated heterocycles. The first kappa shape index (κ1) is 15.5. The first-order valence-corrected chi connectivity index (χ1v) is 9.25. The fourth-order valence-electron chi connectivity index (χ4n) is 1.73. The maximum Gasteiger partial charge on any atom is 0.217 e. The Morgan fingerprint density at radius 1 is 1.50 bits per heavy atom. The van der Waals surface area contributed by atoms with Crippen LogP contribution in [0.15, 0.2) is 17.5 Å². The van der Waals surface area contributed by atoms with Gasteiger partial charge in [0.2, 0.25) is 5.91 Å². The molecule has 2 aromatic heterocycles. The van der Waals surface area contributed by atoms with E-state index in [0.29, 0.717) is 11.8 Å². The molecule has 0 radical (unpaired) electrons. The number of thioether (sulfide) groups is 1. The lowest BCUT2D eigenvalue weighted by atomic mass is 10.3. The van der Waals surface area contributed by atoms with Crippen LogP contribution in [0.4, 0.5) is 0 Å². The van der Waals surface area contributed by atoms with E-state index in [0.717, 1.165) is 16.3 Å². The van der Waals surface area contributed by atoms with E-state index in [9.17, 15) is 4.79 Å². The van der Waals surface area contributed by atoms with E-state index in [1.165, 1.54) is 16.8 Å². The van der Waals surface area contributed by atoms with Gasteiger partial charge in [-0.3, -0.25) is 4.79 Å². The Kier molecular flexibility index (Phi) is 5.63. The number of thiazole rings is 1. The minimum atomic E-state index is 0.00121. The third-order valence-electron chi connectivity index (χ3n) is 2.71. The zero-order valence-corrected chi connectivity index (χ0v) is 14.3. The van der Waals surface area contributed by atoms with Crippen LogP contribution in [0.5, 0.6) is 0 Å². The number of amides is 1. The van der Waals surface area contributed by atoms with E-state index in [1.54, 1.807) is 22.7 Å². The molecule has 1 N–H and O–H groups in total. The lowest BCUT2D eigenvalue weighted by Crippen LogP contribution is -2.17. The highest BCUT2D eigenvalue weighted by Crippen LogP contribution is 2.35. The van der Waals surface area contributed by atoms with E-state index in [-0.39, 0.29) is 5.91 Å². The summed E-state index contributed by atoms with van der Waals surface area (Å²) < 4.78 is 0. The highest BCUT2D eigenvalue weighted by atomic mass is 32.2. The summed E-state index contributed by atoms with van der Waals surface area (Å²) in [5.41, 5.74) is 1.05. The van der Waals surface area contributed by atoms with E-state index >= 15 is 0 Å². The van der Waals surface area contributed by atoms with Crippen molar-refractivity contribution in [2.24, 2.45) is 0 Å². The van der Waals surface area contributed by atoms with Crippen molar-refractivity contribution in [3.05, 3.63) is 27.4 Å². The molecule has 0 aliphatic carbocycles. The summed E-state index contributed by atoms with van der Waals surface area (Å²) in [6, 6.07) is 4.14. The highest BCUT2D eigenvalue weighted by Gasteiger charge is 2.12. The molecule has 0 fully saturated rings. The van der Waals surface area contributed by atoms with Crippen LogP contribution in [0, 0.1) is 0 Å². The number of carbonyl (C=O) groups excluding carboxylic acids is 1. The summed E-state index contributed by atoms with van der Waals surface area (Å²) in [6.45, 7) is 6.50. The second-order valence-electron chi connectivity index (χ2n) is 4.34. The molecule has 1 unspecified atom stereocenters. The van der Waals surface area contributed by atoms with Gasteiger partial charge in [-0.1, -0.05) is 6.92 Å². The summed E-state index contributed by atoms with van der Waals surface area (Å²) in [5, 5.41) is 6.58. The maximum absolute atomic E-state index is 10.9. The van der Waals surface area contributed by atoms with Crippen molar-refractivity contribution in [2.45, 2.75) is 32.6 Å². The minimum Gasteiger partial charge on any atom is -0.351 e. The Hall–Kier alpha value is -0.850. The fourth-order valence-corrected chi connectivity index (χ4v) is 4.53. The summed E-state index contributed by atoms with van der Waals surface area (Å²) in [7, 11) is 0. The van der Waals surface area contributed by atoms with Gasteiger partial charge in [0, 0.05) is 17.2 Å². The van der Waals surface area contributed by atoms with Crippen molar-refractivity contribution in [3.8, 4) is 10.6 Å². The Bertz CT molecular complexity index is 576. The highest BCUT2D eigenvalue weighted by molar-refractivity contribution is 7.99. The predicted molar refractivity (Wildman–Crippen MR) is 89.5 cm³/mol. The second-order valence-corrected chi connectivity index (χ2v) is 8.02. The minimum absolute atomic E-state index is 0.00121. The lowest BCUT2D eigenvalue weighted by molar-refractivity contribution is -0.119. The van der Waals surface area contributed by atoms with Crippen LogP contribution in [0.3, 0.4) is 0 Å². The zero-order chi connectivity index (χ0) is 14.5. The SMILES string of the molecule is CCSC(C)c1nc(-c2ccc(CNC(C)=O)s2)cs1. The van der Waals surface area contributed by atoms with Crippen molar-refractivity contribution >= 4 is 40.3 Å². The van der Waals surface area contributed by atoms with Gasteiger partial charge in [0.05, 0.1) is 22.4 Å². The summed E-state index contributed by atoms with van der Waals surface area (Å²) in [5.74, 6) is 1.11. The van der Waals surface area contributed by atoms with Gasteiger partial charge in [-0.15, -0.1) is 22.7 Å². The number of hydrogen-bond donors (Lipinski definition) is 1. The Morgan fingerprint density at radius 2 is 2.30 bits per heavy atom. The van der Waals surface area contributed by atoms with E-state index in [1.807, 2.05) is 11.8 Å². The van der Waals surface area contributed by atoms with Gasteiger partial charge in [0.15, 0.2) is 0 Å². The van der Waals surface area contributed by atoms with Crippen molar-refractivity contribution in [2.75, 3.05) is 5.75 Å². The van der Waals surface area contributed by atoms with Crippen LogP contribution in [-0.2, 0) is 11.3 Å². The summed E-state index contributed by atoms with van der Waals surface area (Å²) in [4.78, 5) is 18.0. The lowest BCUT2D eigenvalue weighted by Gasteiger charge is -2.04. The van der Waals surface area contributed by atoms with Crippen molar-refractivity contribution in [1.29, 1.82) is 0 Å². The van der Waals surface area contributed by atoms with E-state index < -0.39 is 0 Å². The average Bonchev–Trinajstić information content (AvgIpc) is 3.05. The molecule has 20 heavy (non-hydrogen) atoms. The summed E-state index contributed by atoms with van der Waals surface area (Å²) in [6.07, 6.45) is 0. The Morgan fingerprint density at radius 3 is 3.00 bits per heavy atom. The standard InChI is InChI=1S/C14H18N2OS3/c1-4-18-9(2)14-16-12(8-19-14)13-6-5-11(20-13)7-15-10(3)17/h5-6,8-9H,4,7H2,1-3H3,(H,15,17). The Labute approximate surface area is 131 Å².